The van der Waals surface area contributed by atoms with Gasteiger partial charge in [-0.1, -0.05) is 39.5 Å². The Kier molecular flexibility index (Phi) is 3.61. The Morgan fingerprint density at radius 2 is 1.14 bits per heavy atom. The molecule has 2 unspecified atom stereocenters. The van der Waals surface area contributed by atoms with Crippen molar-refractivity contribution in [2.45, 2.75) is 59.7 Å². The van der Waals surface area contributed by atoms with Gasteiger partial charge in [-0.25, -0.2) is 0 Å². The van der Waals surface area contributed by atoms with Gasteiger partial charge in [0.05, 0.1) is 12.1 Å². The average Bonchev–Trinajstić information content (AvgIpc) is 2.46. The van der Waals surface area contributed by atoms with Crippen LogP contribution in [0.25, 0.3) is 0 Å². The second-order valence-corrected chi connectivity index (χ2v) is 5.21. The van der Waals surface area contributed by atoms with Gasteiger partial charge in [-0.2, -0.15) is 0 Å². The van der Waals surface area contributed by atoms with E-state index in [0.29, 0.717) is 30.0 Å². The number of hydrogen-bond donors (Lipinski definition) is 0. The van der Waals surface area contributed by atoms with Crippen molar-refractivity contribution in [2.24, 2.45) is 11.8 Å². The van der Waals surface area contributed by atoms with Gasteiger partial charge < -0.3 is 0 Å². The van der Waals surface area contributed by atoms with Crippen molar-refractivity contribution in [1.82, 2.24) is 4.90 Å². The van der Waals surface area contributed by atoms with Crippen molar-refractivity contribution in [3.05, 3.63) is 0 Å². The van der Waals surface area contributed by atoms with Gasteiger partial charge in [0, 0.05) is 6.04 Å². The topological polar surface area (TPSA) is 3.24 Å². The van der Waals surface area contributed by atoms with E-state index in [1.54, 1.807) is 0 Å². The molecule has 1 heterocycles. The zero-order chi connectivity index (χ0) is 10.9. The molecule has 0 amide bonds. The van der Waals surface area contributed by atoms with E-state index in [-0.39, 0.29) is 0 Å². The zero-order valence-electron chi connectivity index (χ0n) is 10.3. The molecule has 0 N–H and O–H groups in total. The van der Waals surface area contributed by atoms with Crippen LogP contribution >= 0.6 is 0 Å². The molecule has 0 aromatic carbocycles. The van der Waals surface area contributed by atoms with Crippen LogP contribution in [0, 0.1) is 23.7 Å². The second kappa shape index (κ2) is 4.36. The summed E-state index contributed by atoms with van der Waals surface area (Å²) in [5.74, 6) is 8.06. The molecule has 80 valence electrons. The molecular formula is C13H23N. The molecule has 0 aromatic heterocycles. The van der Waals surface area contributed by atoms with Crippen LogP contribution in [0.1, 0.15) is 41.5 Å². The van der Waals surface area contributed by atoms with Crippen molar-refractivity contribution in [3.63, 3.8) is 0 Å². The van der Waals surface area contributed by atoms with E-state index in [2.05, 4.69) is 58.3 Å². The third kappa shape index (κ3) is 2.12. The third-order valence-corrected chi connectivity index (χ3v) is 2.88. The largest absolute Gasteiger partial charge is 0.273 e. The molecule has 0 fully saturated rings. The molecule has 1 aliphatic rings. The highest BCUT2D eigenvalue weighted by Gasteiger charge is 2.33. The third-order valence-electron chi connectivity index (χ3n) is 2.88. The molecule has 1 rings (SSSR count). The van der Waals surface area contributed by atoms with Crippen LogP contribution in [-0.4, -0.2) is 23.0 Å². The minimum Gasteiger partial charge on any atom is -0.273 e. The SMILES string of the molecule is CC(C)C1C#CC(C(C)C)N1C(C)C. The van der Waals surface area contributed by atoms with Gasteiger partial charge in [-0.15, -0.1) is 0 Å². The molecular weight excluding hydrogens is 170 g/mol. The lowest BCUT2D eigenvalue weighted by atomic mass is 9.99. The summed E-state index contributed by atoms with van der Waals surface area (Å²) in [6.07, 6.45) is 0. The number of rotatable bonds is 3. The van der Waals surface area contributed by atoms with Crippen LogP contribution in [0.2, 0.25) is 0 Å². The summed E-state index contributed by atoms with van der Waals surface area (Å²) in [5, 5.41) is 0. The molecule has 0 radical (unpaired) electrons. The molecule has 0 saturated carbocycles. The van der Waals surface area contributed by atoms with Crippen LogP contribution in [-0.2, 0) is 0 Å². The molecule has 0 bridgehead atoms. The summed E-state index contributed by atoms with van der Waals surface area (Å²) >= 11 is 0. The van der Waals surface area contributed by atoms with Crippen molar-refractivity contribution in [3.8, 4) is 11.8 Å². The van der Waals surface area contributed by atoms with Gasteiger partial charge in [0.1, 0.15) is 0 Å². The van der Waals surface area contributed by atoms with E-state index in [1.165, 1.54) is 0 Å². The minimum absolute atomic E-state index is 0.461. The predicted molar refractivity (Wildman–Crippen MR) is 62.0 cm³/mol. The number of nitrogens with zero attached hydrogens (tertiary/aromatic N) is 1. The van der Waals surface area contributed by atoms with E-state index in [1.807, 2.05) is 0 Å². The van der Waals surface area contributed by atoms with Crippen LogP contribution in [0.4, 0.5) is 0 Å². The Morgan fingerprint density at radius 3 is 1.36 bits per heavy atom. The molecule has 0 aliphatic carbocycles. The lowest BCUT2D eigenvalue weighted by Gasteiger charge is -2.36. The van der Waals surface area contributed by atoms with Gasteiger partial charge in [0.15, 0.2) is 0 Å². The molecule has 0 spiro atoms. The Bertz CT molecular complexity index is 222. The summed E-state index contributed by atoms with van der Waals surface area (Å²) in [6.45, 7) is 13.6. The maximum Gasteiger partial charge on any atom is 0.0750 e. The summed E-state index contributed by atoms with van der Waals surface area (Å²) in [6, 6.07) is 1.50. The number of hydrogen-bond acceptors (Lipinski definition) is 1. The first-order chi connectivity index (χ1) is 6.45. The minimum atomic E-state index is 0.461. The van der Waals surface area contributed by atoms with Crippen LogP contribution in [0.15, 0.2) is 0 Å². The molecule has 1 nitrogen and oxygen atoms in total. The van der Waals surface area contributed by atoms with Gasteiger partial charge >= 0.3 is 0 Å². The first-order valence-electron chi connectivity index (χ1n) is 5.73. The van der Waals surface area contributed by atoms with E-state index in [0.717, 1.165) is 0 Å². The van der Waals surface area contributed by atoms with Gasteiger partial charge in [-0.05, 0) is 25.7 Å². The van der Waals surface area contributed by atoms with Gasteiger partial charge in [0.25, 0.3) is 0 Å². The summed E-state index contributed by atoms with van der Waals surface area (Å²) in [4.78, 5) is 2.54. The van der Waals surface area contributed by atoms with E-state index in [4.69, 9.17) is 0 Å². The molecule has 1 aliphatic heterocycles. The maximum atomic E-state index is 3.39. The van der Waals surface area contributed by atoms with Crippen molar-refractivity contribution in [2.75, 3.05) is 0 Å². The first-order valence-corrected chi connectivity index (χ1v) is 5.73. The normalized spacial score (nSPS) is 27.5. The summed E-state index contributed by atoms with van der Waals surface area (Å²) in [7, 11) is 0. The Hall–Kier alpha value is -0.480. The van der Waals surface area contributed by atoms with Crippen molar-refractivity contribution in [1.29, 1.82) is 0 Å². The quantitative estimate of drug-likeness (QED) is 0.623. The standard InChI is InChI=1S/C13H23N/c1-9(2)12-7-8-13(10(3)4)14(12)11(5)6/h9-13H,1-6H3. The summed E-state index contributed by atoms with van der Waals surface area (Å²) < 4.78 is 0. The fourth-order valence-corrected chi connectivity index (χ4v) is 2.16. The highest BCUT2D eigenvalue weighted by molar-refractivity contribution is 5.24. The first kappa shape index (κ1) is 11.6. The molecule has 1 heteroatoms. The molecule has 14 heavy (non-hydrogen) atoms. The highest BCUT2D eigenvalue weighted by Crippen LogP contribution is 2.25. The fraction of sp³-hybridized carbons (Fsp3) is 0.846. The molecule has 0 aromatic rings. The lowest BCUT2D eigenvalue weighted by Crippen LogP contribution is -2.47. The van der Waals surface area contributed by atoms with Crippen molar-refractivity contribution >= 4 is 0 Å². The van der Waals surface area contributed by atoms with Gasteiger partial charge in [-0.3, -0.25) is 4.90 Å². The second-order valence-electron chi connectivity index (χ2n) is 5.21. The van der Waals surface area contributed by atoms with Crippen LogP contribution in [0.3, 0.4) is 0 Å². The Morgan fingerprint density at radius 1 is 0.786 bits per heavy atom. The maximum absolute atomic E-state index is 3.39. The van der Waals surface area contributed by atoms with Crippen molar-refractivity contribution < 1.29 is 0 Å². The average molecular weight is 193 g/mol. The Labute approximate surface area is 88.9 Å². The van der Waals surface area contributed by atoms with Crippen LogP contribution < -0.4 is 0 Å². The van der Waals surface area contributed by atoms with E-state index in [9.17, 15) is 0 Å². The predicted octanol–water partition coefficient (Wildman–Crippen LogP) is 2.76. The van der Waals surface area contributed by atoms with E-state index < -0.39 is 0 Å². The lowest BCUT2D eigenvalue weighted by molar-refractivity contribution is 0.113. The monoisotopic (exact) mass is 193 g/mol. The highest BCUT2D eigenvalue weighted by atomic mass is 15.2. The Balaban J connectivity index is 2.81. The zero-order valence-corrected chi connectivity index (χ0v) is 10.3. The summed E-state index contributed by atoms with van der Waals surface area (Å²) in [5.41, 5.74) is 0. The van der Waals surface area contributed by atoms with Gasteiger partial charge in [0.2, 0.25) is 0 Å². The van der Waals surface area contributed by atoms with E-state index >= 15 is 0 Å². The molecule has 2 atom stereocenters. The smallest absolute Gasteiger partial charge is 0.0750 e. The van der Waals surface area contributed by atoms with Crippen LogP contribution in [0.5, 0.6) is 0 Å². The fourth-order valence-electron chi connectivity index (χ4n) is 2.16. The molecule has 0 saturated heterocycles.